The number of oxazole rings is 1. The molecule has 0 amide bonds. The quantitative estimate of drug-likeness (QED) is 0.584. The van der Waals surface area contributed by atoms with Crippen LogP contribution < -0.4 is 4.74 Å². The van der Waals surface area contributed by atoms with Crippen molar-refractivity contribution in [2.45, 2.75) is 25.5 Å². The number of ether oxygens (including phenoxy) is 2. The second kappa shape index (κ2) is 8.95. The maximum Gasteiger partial charge on any atom is 0.226 e. The van der Waals surface area contributed by atoms with Gasteiger partial charge in [0.05, 0.1) is 18.6 Å². The SMILES string of the molecule is COCCCC(=O)CS(=O)(=O)Cc1nc(-c2ccc(OC)cc2)oc1C. The fourth-order valence-corrected chi connectivity index (χ4v) is 3.83. The zero-order chi connectivity index (χ0) is 19.2. The van der Waals surface area contributed by atoms with Crippen LogP contribution in [0.5, 0.6) is 5.75 Å². The maximum atomic E-state index is 12.3. The Labute approximate surface area is 153 Å². The number of Topliss-reactive ketones (excluding diaryl/α,β-unsaturated/α-hetero) is 1. The predicted octanol–water partition coefficient (Wildman–Crippen LogP) is 2.57. The molecule has 142 valence electrons. The van der Waals surface area contributed by atoms with Crippen LogP contribution in [0.25, 0.3) is 11.5 Å². The Morgan fingerprint density at radius 2 is 1.88 bits per heavy atom. The molecule has 8 heteroatoms. The molecule has 0 aliphatic rings. The van der Waals surface area contributed by atoms with Crippen molar-refractivity contribution in [2.24, 2.45) is 0 Å². The summed E-state index contributed by atoms with van der Waals surface area (Å²) >= 11 is 0. The Hall–Kier alpha value is -2.19. The third kappa shape index (κ3) is 5.67. The lowest BCUT2D eigenvalue weighted by Crippen LogP contribution is -2.18. The highest BCUT2D eigenvalue weighted by atomic mass is 32.2. The molecular formula is C18H23NO6S. The molecule has 2 rings (SSSR count). The Morgan fingerprint density at radius 1 is 1.19 bits per heavy atom. The first kappa shape index (κ1) is 20.1. The standard InChI is InChI=1S/C18H23NO6S/c1-13-17(12-26(21,22)11-15(20)5-4-10-23-2)19-18(25-13)14-6-8-16(24-3)9-7-14/h6-9H,4-5,10-12H2,1-3H3. The molecule has 0 fully saturated rings. The van der Waals surface area contributed by atoms with E-state index in [1.54, 1.807) is 38.3 Å². The number of carbonyl (C=O) groups is 1. The van der Waals surface area contributed by atoms with E-state index in [1.807, 2.05) is 0 Å². The maximum absolute atomic E-state index is 12.3. The van der Waals surface area contributed by atoms with Crippen molar-refractivity contribution in [1.82, 2.24) is 4.98 Å². The van der Waals surface area contributed by atoms with Crippen molar-refractivity contribution in [2.75, 3.05) is 26.6 Å². The highest BCUT2D eigenvalue weighted by Gasteiger charge is 2.22. The van der Waals surface area contributed by atoms with E-state index >= 15 is 0 Å². The fourth-order valence-electron chi connectivity index (χ4n) is 2.41. The number of sulfone groups is 1. The Morgan fingerprint density at radius 3 is 2.50 bits per heavy atom. The van der Waals surface area contributed by atoms with Crippen LogP contribution in [-0.2, 0) is 25.1 Å². The van der Waals surface area contributed by atoms with Crippen LogP contribution in [0.3, 0.4) is 0 Å². The van der Waals surface area contributed by atoms with Gasteiger partial charge in [0.15, 0.2) is 9.84 Å². The van der Waals surface area contributed by atoms with Crippen molar-refractivity contribution in [3.8, 4) is 17.2 Å². The van der Waals surface area contributed by atoms with E-state index in [2.05, 4.69) is 4.98 Å². The molecule has 0 aliphatic carbocycles. The number of methoxy groups -OCH3 is 2. The van der Waals surface area contributed by atoms with Gasteiger partial charge in [-0.2, -0.15) is 0 Å². The molecule has 26 heavy (non-hydrogen) atoms. The van der Waals surface area contributed by atoms with Gasteiger partial charge in [-0.05, 0) is 37.6 Å². The third-order valence-corrected chi connectivity index (χ3v) is 5.25. The van der Waals surface area contributed by atoms with E-state index in [1.165, 1.54) is 7.11 Å². The number of hydrogen-bond acceptors (Lipinski definition) is 7. The lowest BCUT2D eigenvalue weighted by molar-refractivity contribution is -0.116. The number of aryl methyl sites for hydroxylation is 1. The number of aromatic nitrogens is 1. The van der Waals surface area contributed by atoms with E-state index in [4.69, 9.17) is 13.9 Å². The lowest BCUT2D eigenvalue weighted by atomic mass is 10.2. The summed E-state index contributed by atoms with van der Waals surface area (Å²) in [6.45, 7) is 2.09. The van der Waals surface area contributed by atoms with Crippen molar-refractivity contribution >= 4 is 15.6 Å². The molecule has 0 spiro atoms. The van der Waals surface area contributed by atoms with E-state index in [9.17, 15) is 13.2 Å². The molecule has 1 aromatic heterocycles. The van der Waals surface area contributed by atoms with Gasteiger partial charge in [0.1, 0.15) is 23.0 Å². The fraction of sp³-hybridized carbons (Fsp3) is 0.444. The van der Waals surface area contributed by atoms with E-state index in [-0.39, 0.29) is 18.0 Å². The van der Waals surface area contributed by atoms with Crippen LogP contribution in [0, 0.1) is 6.92 Å². The topological polar surface area (TPSA) is 95.7 Å². The van der Waals surface area contributed by atoms with E-state index < -0.39 is 15.6 Å². The summed E-state index contributed by atoms with van der Waals surface area (Å²) in [5.41, 5.74) is 1.04. The second-order valence-corrected chi connectivity index (χ2v) is 7.98. The Bertz CT molecular complexity index is 839. The third-order valence-electron chi connectivity index (χ3n) is 3.77. The highest BCUT2D eigenvalue weighted by molar-refractivity contribution is 7.91. The smallest absolute Gasteiger partial charge is 0.226 e. The van der Waals surface area contributed by atoms with Crippen molar-refractivity contribution < 1.29 is 27.1 Å². The summed E-state index contributed by atoms with van der Waals surface area (Å²) in [6.07, 6.45) is 0.692. The normalized spacial score (nSPS) is 11.5. The molecule has 0 saturated heterocycles. The zero-order valence-electron chi connectivity index (χ0n) is 15.1. The first-order chi connectivity index (χ1) is 12.3. The molecule has 2 aromatic rings. The minimum atomic E-state index is -3.61. The van der Waals surface area contributed by atoms with Gasteiger partial charge in [0.25, 0.3) is 0 Å². The summed E-state index contributed by atoms with van der Waals surface area (Å²) in [5.74, 6) is 0.313. The van der Waals surface area contributed by atoms with Gasteiger partial charge in [-0.15, -0.1) is 0 Å². The number of carbonyl (C=O) groups excluding carboxylic acids is 1. The summed E-state index contributed by atoms with van der Waals surface area (Å²) in [7, 11) is -0.496. The minimum absolute atomic E-state index is 0.183. The first-order valence-electron chi connectivity index (χ1n) is 8.16. The van der Waals surface area contributed by atoms with Crippen LogP contribution >= 0.6 is 0 Å². The monoisotopic (exact) mass is 381 g/mol. The van der Waals surface area contributed by atoms with Crippen molar-refractivity contribution in [3.63, 3.8) is 0 Å². The molecule has 0 bridgehead atoms. The summed E-state index contributed by atoms with van der Waals surface area (Å²) < 4.78 is 40.1. The van der Waals surface area contributed by atoms with Gasteiger partial charge in [0.2, 0.25) is 5.89 Å². The zero-order valence-corrected chi connectivity index (χ0v) is 16.0. The average molecular weight is 381 g/mol. The van der Waals surface area contributed by atoms with E-state index in [0.29, 0.717) is 41.7 Å². The van der Waals surface area contributed by atoms with E-state index in [0.717, 1.165) is 0 Å². The lowest BCUT2D eigenvalue weighted by Gasteiger charge is -2.02. The number of ketones is 1. The van der Waals surface area contributed by atoms with Gasteiger partial charge in [0, 0.05) is 25.7 Å². The summed E-state index contributed by atoms with van der Waals surface area (Å²) in [6, 6.07) is 7.09. The van der Waals surface area contributed by atoms with Gasteiger partial charge < -0.3 is 13.9 Å². The summed E-state index contributed by atoms with van der Waals surface area (Å²) in [5, 5.41) is 0. The van der Waals surface area contributed by atoms with Crippen molar-refractivity contribution in [3.05, 3.63) is 35.7 Å². The van der Waals surface area contributed by atoms with Crippen LogP contribution in [0.2, 0.25) is 0 Å². The number of benzene rings is 1. The molecule has 0 N–H and O–H groups in total. The molecule has 7 nitrogen and oxygen atoms in total. The number of nitrogens with zero attached hydrogens (tertiary/aromatic N) is 1. The first-order valence-corrected chi connectivity index (χ1v) is 9.98. The molecule has 1 aromatic carbocycles. The summed E-state index contributed by atoms with van der Waals surface area (Å²) in [4.78, 5) is 16.1. The van der Waals surface area contributed by atoms with Crippen LogP contribution in [0.1, 0.15) is 24.3 Å². The second-order valence-electron chi connectivity index (χ2n) is 5.92. The van der Waals surface area contributed by atoms with Gasteiger partial charge in [-0.1, -0.05) is 0 Å². The average Bonchev–Trinajstić information content (AvgIpc) is 2.94. The molecular weight excluding hydrogens is 358 g/mol. The van der Waals surface area contributed by atoms with Crippen LogP contribution in [-0.4, -0.2) is 45.8 Å². The minimum Gasteiger partial charge on any atom is -0.497 e. The molecule has 0 saturated carbocycles. The Balaban J connectivity index is 2.07. The molecule has 0 atom stereocenters. The highest BCUT2D eigenvalue weighted by Crippen LogP contribution is 2.25. The molecule has 1 heterocycles. The van der Waals surface area contributed by atoms with Gasteiger partial charge >= 0.3 is 0 Å². The van der Waals surface area contributed by atoms with Crippen molar-refractivity contribution in [1.29, 1.82) is 0 Å². The molecule has 0 unspecified atom stereocenters. The number of hydrogen-bond donors (Lipinski definition) is 0. The predicted molar refractivity (Wildman–Crippen MR) is 96.8 cm³/mol. The molecule has 0 aliphatic heterocycles. The number of rotatable bonds is 10. The van der Waals surface area contributed by atoms with Gasteiger partial charge in [-0.3, -0.25) is 4.79 Å². The van der Waals surface area contributed by atoms with Crippen LogP contribution in [0.15, 0.2) is 28.7 Å². The molecule has 0 radical (unpaired) electrons. The van der Waals surface area contributed by atoms with Gasteiger partial charge in [-0.25, -0.2) is 13.4 Å². The van der Waals surface area contributed by atoms with Crippen LogP contribution in [0.4, 0.5) is 0 Å². The Kier molecular flexibility index (Phi) is 6.93. The largest absolute Gasteiger partial charge is 0.497 e.